The van der Waals surface area contributed by atoms with Crippen molar-refractivity contribution in [2.24, 2.45) is 5.92 Å². The Morgan fingerprint density at radius 1 is 1.14 bits per heavy atom. The summed E-state index contributed by atoms with van der Waals surface area (Å²) < 4.78 is 11.3. The van der Waals surface area contributed by atoms with Gasteiger partial charge in [-0.1, -0.05) is 36.4 Å². The Morgan fingerprint density at radius 2 is 1.96 bits per heavy atom. The Balaban J connectivity index is 0.00000280. The third-order valence-corrected chi connectivity index (χ3v) is 4.90. The van der Waals surface area contributed by atoms with Gasteiger partial charge in [0.15, 0.2) is 11.5 Å². The number of nitrogens with one attached hydrogen (secondary N) is 2. The monoisotopic (exact) mass is 404 g/mol. The van der Waals surface area contributed by atoms with Gasteiger partial charge in [-0.2, -0.15) is 0 Å². The molecule has 0 aromatic heterocycles. The minimum absolute atomic E-state index is 0. The molecule has 0 aliphatic carbocycles. The van der Waals surface area contributed by atoms with E-state index in [0.29, 0.717) is 37.0 Å². The zero-order valence-electron chi connectivity index (χ0n) is 16.3. The lowest BCUT2D eigenvalue weighted by molar-refractivity contribution is -0.121. The maximum atomic E-state index is 12.1. The molecule has 1 amide bonds. The number of carbonyl (C=O) groups excluding carboxylic acids is 1. The van der Waals surface area contributed by atoms with Gasteiger partial charge >= 0.3 is 0 Å². The van der Waals surface area contributed by atoms with E-state index >= 15 is 0 Å². The van der Waals surface area contributed by atoms with Crippen molar-refractivity contribution in [3.63, 3.8) is 0 Å². The van der Waals surface area contributed by atoms with Crippen LogP contribution in [0.15, 0.2) is 48.5 Å². The second-order valence-electron chi connectivity index (χ2n) is 6.93. The molecule has 1 atom stereocenters. The summed E-state index contributed by atoms with van der Waals surface area (Å²) in [6.45, 7) is 3.10. The van der Waals surface area contributed by atoms with Crippen LogP contribution in [0.25, 0.3) is 0 Å². The zero-order valence-corrected chi connectivity index (χ0v) is 17.1. The molecule has 0 radical (unpaired) electrons. The molecule has 152 valence electrons. The topological polar surface area (TPSA) is 59.6 Å². The van der Waals surface area contributed by atoms with E-state index in [1.807, 2.05) is 48.5 Å². The van der Waals surface area contributed by atoms with Crippen LogP contribution in [0.5, 0.6) is 11.5 Å². The molecule has 0 bridgehead atoms. The first-order valence-electron chi connectivity index (χ1n) is 9.55. The third-order valence-electron chi connectivity index (χ3n) is 4.90. The lowest BCUT2D eigenvalue weighted by Crippen LogP contribution is -2.23. The number of halogens is 1. The number of hydrogen-bond donors (Lipinski definition) is 2. The molecule has 1 unspecified atom stereocenters. The fourth-order valence-corrected chi connectivity index (χ4v) is 3.26. The molecule has 5 nitrogen and oxygen atoms in total. The molecule has 6 heteroatoms. The van der Waals surface area contributed by atoms with Crippen LogP contribution in [-0.2, 0) is 17.9 Å². The molecule has 2 N–H and O–H groups in total. The quantitative estimate of drug-likeness (QED) is 0.669. The van der Waals surface area contributed by atoms with E-state index in [1.165, 1.54) is 6.42 Å². The van der Waals surface area contributed by atoms with Gasteiger partial charge in [-0.3, -0.25) is 4.79 Å². The van der Waals surface area contributed by atoms with Crippen molar-refractivity contribution in [3.05, 3.63) is 59.7 Å². The zero-order chi connectivity index (χ0) is 18.9. The highest BCUT2D eigenvalue weighted by atomic mass is 35.5. The van der Waals surface area contributed by atoms with Crippen molar-refractivity contribution in [1.29, 1.82) is 0 Å². The molecule has 1 aliphatic rings. The van der Waals surface area contributed by atoms with E-state index in [9.17, 15) is 4.79 Å². The highest BCUT2D eigenvalue weighted by Gasteiger charge is 2.15. The first kappa shape index (κ1) is 22.1. The molecule has 1 aliphatic heterocycles. The van der Waals surface area contributed by atoms with Gasteiger partial charge in [0.05, 0.1) is 7.11 Å². The van der Waals surface area contributed by atoms with Crippen molar-refractivity contribution in [2.45, 2.75) is 32.4 Å². The summed E-state index contributed by atoms with van der Waals surface area (Å²) in [4.78, 5) is 12.1. The Bertz CT molecular complexity index is 734. The molecule has 1 heterocycles. The predicted octanol–water partition coefficient (Wildman–Crippen LogP) is 3.70. The van der Waals surface area contributed by atoms with Crippen molar-refractivity contribution in [1.82, 2.24) is 10.6 Å². The van der Waals surface area contributed by atoms with Crippen LogP contribution in [0.4, 0.5) is 0 Å². The van der Waals surface area contributed by atoms with Crippen LogP contribution in [0.1, 0.15) is 30.4 Å². The van der Waals surface area contributed by atoms with Crippen molar-refractivity contribution in [3.8, 4) is 11.5 Å². The average molecular weight is 405 g/mol. The van der Waals surface area contributed by atoms with E-state index in [2.05, 4.69) is 10.6 Å². The molecule has 3 rings (SSSR count). The highest BCUT2D eigenvalue weighted by molar-refractivity contribution is 5.85. The van der Waals surface area contributed by atoms with Crippen LogP contribution < -0.4 is 20.1 Å². The van der Waals surface area contributed by atoms with Gasteiger partial charge in [-0.15, -0.1) is 12.4 Å². The SMILES string of the molecule is COc1cc(CNC(=O)CCC2CCNC2)ccc1OCc1ccccc1.Cl. The van der Waals surface area contributed by atoms with E-state index in [-0.39, 0.29) is 18.3 Å². The van der Waals surface area contributed by atoms with Gasteiger partial charge in [0.25, 0.3) is 0 Å². The molecular formula is C22H29ClN2O3. The van der Waals surface area contributed by atoms with Crippen LogP contribution in [0, 0.1) is 5.92 Å². The number of benzene rings is 2. The first-order chi connectivity index (χ1) is 13.2. The van der Waals surface area contributed by atoms with Gasteiger partial charge < -0.3 is 20.1 Å². The maximum Gasteiger partial charge on any atom is 0.220 e. The van der Waals surface area contributed by atoms with Crippen LogP contribution >= 0.6 is 12.4 Å². The maximum absolute atomic E-state index is 12.1. The number of hydrogen-bond acceptors (Lipinski definition) is 4. The molecule has 1 fully saturated rings. The largest absolute Gasteiger partial charge is 0.493 e. The Hall–Kier alpha value is -2.24. The number of amides is 1. The lowest BCUT2D eigenvalue weighted by Gasteiger charge is -2.13. The fourth-order valence-electron chi connectivity index (χ4n) is 3.26. The van der Waals surface area contributed by atoms with Crippen molar-refractivity contribution < 1.29 is 14.3 Å². The number of rotatable bonds is 9. The van der Waals surface area contributed by atoms with Gasteiger partial charge in [0.1, 0.15) is 6.61 Å². The first-order valence-corrected chi connectivity index (χ1v) is 9.55. The van der Waals surface area contributed by atoms with E-state index in [1.54, 1.807) is 7.11 Å². The summed E-state index contributed by atoms with van der Waals surface area (Å²) >= 11 is 0. The Labute approximate surface area is 173 Å². The Kier molecular flexibility index (Phi) is 9.11. The molecular weight excluding hydrogens is 376 g/mol. The molecule has 2 aromatic carbocycles. The smallest absolute Gasteiger partial charge is 0.220 e. The van der Waals surface area contributed by atoms with E-state index < -0.39 is 0 Å². The minimum atomic E-state index is 0. The highest BCUT2D eigenvalue weighted by Crippen LogP contribution is 2.29. The van der Waals surface area contributed by atoms with Crippen molar-refractivity contribution in [2.75, 3.05) is 20.2 Å². The summed E-state index contributed by atoms with van der Waals surface area (Å²) in [5.41, 5.74) is 2.10. The van der Waals surface area contributed by atoms with E-state index in [4.69, 9.17) is 9.47 Å². The number of ether oxygens (including phenoxy) is 2. The fraction of sp³-hybridized carbons (Fsp3) is 0.409. The molecule has 0 saturated carbocycles. The van der Waals surface area contributed by atoms with Crippen LogP contribution in [0.3, 0.4) is 0 Å². The normalized spacial score (nSPS) is 15.5. The minimum Gasteiger partial charge on any atom is -0.493 e. The van der Waals surface area contributed by atoms with Gasteiger partial charge in [0.2, 0.25) is 5.91 Å². The number of methoxy groups -OCH3 is 1. The number of carbonyl (C=O) groups is 1. The lowest BCUT2D eigenvalue weighted by atomic mass is 10.0. The molecule has 1 saturated heterocycles. The van der Waals surface area contributed by atoms with Gasteiger partial charge in [-0.25, -0.2) is 0 Å². The molecule has 0 spiro atoms. The second-order valence-corrected chi connectivity index (χ2v) is 6.93. The average Bonchev–Trinajstić information content (AvgIpc) is 3.24. The molecule has 28 heavy (non-hydrogen) atoms. The summed E-state index contributed by atoms with van der Waals surface area (Å²) in [6, 6.07) is 15.8. The molecule has 2 aromatic rings. The predicted molar refractivity (Wildman–Crippen MR) is 113 cm³/mol. The van der Waals surface area contributed by atoms with Gasteiger partial charge in [-0.05, 0) is 55.1 Å². The van der Waals surface area contributed by atoms with E-state index in [0.717, 1.165) is 30.6 Å². The summed E-state index contributed by atoms with van der Waals surface area (Å²) in [6.07, 6.45) is 2.71. The second kappa shape index (κ2) is 11.6. The van der Waals surface area contributed by atoms with Crippen molar-refractivity contribution >= 4 is 18.3 Å². The summed E-state index contributed by atoms with van der Waals surface area (Å²) in [5.74, 6) is 2.11. The van der Waals surface area contributed by atoms with Crippen LogP contribution in [0.2, 0.25) is 0 Å². The van der Waals surface area contributed by atoms with Gasteiger partial charge in [0, 0.05) is 13.0 Å². The summed E-state index contributed by atoms with van der Waals surface area (Å²) in [5, 5.41) is 6.33. The third kappa shape index (κ3) is 6.73. The standard InChI is InChI=1S/C22H28N2O3.ClH/c1-26-21-13-19(15-24-22(25)10-8-17-11-12-23-14-17)7-9-20(21)27-16-18-5-3-2-4-6-18;/h2-7,9,13,17,23H,8,10-12,14-16H2,1H3,(H,24,25);1H. The Morgan fingerprint density at radius 3 is 2.68 bits per heavy atom. The summed E-state index contributed by atoms with van der Waals surface area (Å²) in [7, 11) is 1.63. The van der Waals surface area contributed by atoms with Crippen LogP contribution in [-0.4, -0.2) is 26.1 Å².